The van der Waals surface area contributed by atoms with Crippen LogP contribution < -0.4 is 5.32 Å². The monoisotopic (exact) mass is 469 g/mol. The van der Waals surface area contributed by atoms with Crippen molar-refractivity contribution in [1.82, 2.24) is 5.32 Å². The summed E-state index contributed by atoms with van der Waals surface area (Å²) in [5.74, 6) is -2.79. The fourth-order valence-corrected chi connectivity index (χ4v) is 3.64. The molecule has 0 spiro atoms. The summed E-state index contributed by atoms with van der Waals surface area (Å²) in [6.45, 7) is -0.00536. The summed E-state index contributed by atoms with van der Waals surface area (Å²) in [4.78, 5) is 25.3. The van der Waals surface area contributed by atoms with Gasteiger partial charge >= 0.3 is 11.9 Å². The van der Waals surface area contributed by atoms with Crippen LogP contribution in [0.2, 0.25) is 5.02 Å². The number of halogens is 1. The number of nitrogens with one attached hydrogen (secondary N) is 1. The number of carboxylic acids is 1. The molecule has 2 N–H and O–H groups in total. The van der Waals surface area contributed by atoms with Gasteiger partial charge in [0, 0.05) is 25.4 Å². The molecule has 0 bridgehead atoms. The van der Waals surface area contributed by atoms with Crippen molar-refractivity contribution in [2.75, 3.05) is 20.8 Å². The molecule has 0 saturated heterocycles. The SMILES string of the molecule is COC(OC)C1=C(C(=O)OC/C=C/c2ccccc2)C(c2ccc(Cl)cc2)C(C(=O)O)=CN1. The van der Waals surface area contributed by atoms with E-state index in [4.69, 9.17) is 25.8 Å². The molecule has 0 aliphatic carbocycles. The lowest BCUT2D eigenvalue weighted by Crippen LogP contribution is -2.36. The molecule has 0 saturated carbocycles. The van der Waals surface area contributed by atoms with Gasteiger partial charge in [0.2, 0.25) is 0 Å². The Morgan fingerprint density at radius 2 is 1.76 bits per heavy atom. The van der Waals surface area contributed by atoms with Gasteiger partial charge < -0.3 is 24.6 Å². The molecule has 1 aliphatic rings. The first-order valence-corrected chi connectivity index (χ1v) is 10.5. The number of rotatable bonds is 9. The number of carboxylic acid groups (broad SMARTS) is 1. The number of carbonyl (C=O) groups is 2. The molecule has 0 amide bonds. The third-order valence-electron chi connectivity index (χ3n) is 5.03. The third kappa shape index (κ3) is 5.90. The molecule has 3 rings (SSSR count). The molecule has 0 radical (unpaired) electrons. The number of benzene rings is 2. The van der Waals surface area contributed by atoms with E-state index in [9.17, 15) is 14.7 Å². The number of hydrogen-bond donors (Lipinski definition) is 2. The van der Waals surface area contributed by atoms with Crippen LogP contribution in [0.3, 0.4) is 0 Å². The Morgan fingerprint density at radius 1 is 1.09 bits per heavy atom. The van der Waals surface area contributed by atoms with Gasteiger partial charge in [-0.2, -0.15) is 0 Å². The zero-order valence-electron chi connectivity index (χ0n) is 18.2. The van der Waals surface area contributed by atoms with Crippen LogP contribution in [0, 0.1) is 0 Å². The summed E-state index contributed by atoms with van der Waals surface area (Å²) in [5.41, 5.74) is 1.84. The standard InChI is InChI=1S/C25H24ClNO6/c1-31-25(32-2)22-21(24(30)33-14-6-9-16-7-4-3-5-8-16)20(19(15-27-22)23(28)29)17-10-12-18(26)13-11-17/h3-13,15,20,25,27H,14H2,1-2H3,(H,28,29)/b9-6+. The van der Waals surface area contributed by atoms with E-state index < -0.39 is 24.1 Å². The minimum Gasteiger partial charge on any atom is -0.478 e. The van der Waals surface area contributed by atoms with E-state index >= 15 is 0 Å². The summed E-state index contributed by atoms with van der Waals surface area (Å²) < 4.78 is 16.2. The zero-order valence-corrected chi connectivity index (χ0v) is 18.9. The average molecular weight is 470 g/mol. The van der Waals surface area contributed by atoms with Gasteiger partial charge in [-0.25, -0.2) is 9.59 Å². The Hall–Kier alpha value is -3.39. The maximum Gasteiger partial charge on any atom is 0.337 e. The van der Waals surface area contributed by atoms with Gasteiger partial charge in [0.25, 0.3) is 0 Å². The molecular weight excluding hydrogens is 446 g/mol. The molecule has 33 heavy (non-hydrogen) atoms. The number of carbonyl (C=O) groups excluding carboxylic acids is 1. The largest absolute Gasteiger partial charge is 0.478 e. The lowest BCUT2D eigenvalue weighted by molar-refractivity contribution is -0.139. The van der Waals surface area contributed by atoms with Crippen molar-refractivity contribution < 1.29 is 28.9 Å². The second kappa shape index (κ2) is 11.5. The highest BCUT2D eigenvalue weighted by molar-refractivity contribution is 6.30. The first kappa shape index (κ1) is 24.3. The van der Waals surface area contributed by atoms with E-state index in [-0.39, 0.29) is 23.5 Å². The predicted molar refractivity (Wildman–Crippen MR) is 124 cm³/mol. The highest BCUT2D eigenvalue weighted by Crippen LogP contribution is 2.38. The number of methoxy groups -OCH3 is 2. The number of dihydropyridines is 1. The topological polar surface area (TPSA) is 94.1 Å². The molecule has 1 aliphatic heterocycles. The molecular formula is C25H24ClNO6. The number of esters is 1. The second-order valence-electron chi connectivity index (χ2n) is 7.08. The van der Waals surface area contributed by atoms with Crippen LogP contribution >= 0.6 is 11.6 Å². The number of aliphatic carboxylic acids is 1. The molecule has 0 fully saturated rings. The molecule has 2 aromatic rings. The molecule has 0 aromatic heterocycles. The summed E-state index contributed by atoms with van der Waals surface area (Å²) >= 11 is 6.01. The average Bonchev–Trinajstić information content (AvgIpc) is 2.83. The molecule has 1 unspecified atom stereocenters. The van der Waals surface area contributed by atoms with E-state index in [0.29, 0.717) is 10.6 Å². The predicted octanol–water partition coefficient (Wildman–Crippen LogP) is 4.12. The van der Waals surface area contributed by atoms with Crippen molar-refractivity contribution in [2.45, 2.75) is 12.2 Å². The van der Waals surface area contributed by atoms with E-state index in [1.165, 1.54) is 20.4 Å². The normalized spacial score (nSPS) is 16.0. The molecule has 1 atom stereocenters. The van der Waals surface area contributed by atoms with Gasteiger partial charge in [-0.1, -0.05) is 60.1 Å². The van der Waals surface area contributed by atoms with E-state index in [1.807, 2.05) is 36.4 Å². The van der Waals surface area contributed by atoms with Gasteiger partial charge in [0.1, 0.15) is 6.61 Å². The molecule has 172 valence electrons. The third-order valence-corrected chi connectivity index (χ3v) is 5.28. The molecule has 8 heteroatoms. The van der Waals surface area contributed by atoms with Crippen LogP contribution in [0.1, 0.15) is 17.0 Å². The lowest BCUT2D eigenvalue weighted by atomic mass is 9.81. The second-order valence-corrected chi connectivity index (χ2v) is 7.51. The van der Waals surface area contributed by atoms with Crippen LogP contribution in [0.4, 0.5) is 0 Å². The fourth-order valence-electron chi connectivity index (χ4n) is 3.52. The van der Waals surface area contributed by atoms with Crippen LogP contribution in [-0.2, 0) is 23.8 Å². The van der Waals surface area contributed by atoms with Crippen LogP contribution in [0.25, 0.3) is 6.08 Å². The van der Waals surface area contributed by atoms with Crippen LogP contribution in [0.5, 0.6) is 0 Å². The minimum absolute atomic E-state index is 0.00536. The van der Waals surface area contributed by atoms with E-state index in [0.717, 1.165) is 5.56 Å². The Kier molecular flexibility index (Phi) is 8.43. The first-order valence-electron chi connectivity index (χ1n) is 10.1. The van der Waals surface area contributed by atoms with Gasteiger partial charge in [0.15, 0.2) is 6.29 Å². The summed E-state index contributed by atoms with van der Waals surface area (Å²) in [6.07, 6.45) is 3.93. The lowest BCUT2D eigenvalue weighted by Gasteiger charge is -2.30. The summed E-state index contributed by atoms with van der Waals surface area (Å²) in [5, 5.41) is 13.2. The van der Waals surface area contributed by atoms with E-state index in [1.54, 1.807) is 30.3 Å². The maximum absolute atomic E-state index is 13.3. The zero-order chi connectivity index (χ0) is 23.8. The van der Waals surface area contributed by atoms with Crippen molar-refractivity contribution in [3.05, 3.63) is 99.9 Å². The minimum atomic E-state index is -1.18. The number of ether oxygens (including phenoxy) is 3. The van der Waals surface area contributed by atoms with Crippen molar-refractivity contribution >= 4 is 29.6 Å². The van der Waals surface area contributed by atoms with Gasteiger partial charge in [-0.15, -0.1) is 0 Å². The first-order chi connectivity index (χ1) is 16.0. The Labute approximate surface area is 196 Å². The van der Waals surface area contributed by atoms with Crippen molar-refractivity contribution in [3.8, 4) is 0 Å². The van der Waals surface area contributed by atoms with Crippen molar-refractivity contribution in [2.24, 2.45) is 0 Å². The van der Waals surface area contributed by atoms with Crippen molar-refractivity contribution in [1.29, 1.82) is 0 Å². The van der Waals surface area contributed by atoms with Crippen molar-refractivity contribution in [3.63, 3.8) is 0 Å². The van der Waals surface area contributed by atoms with Gasteiger partial charge in [0.05, 0.1) is 22.8 Å². The molecule has 7 nitrogen and oxygen atoms in total. The maximum atomic E-state index is 13.3. The highest BCUT2D eigenvalue weighted by Gasteiger charge is 2.38. The van der Waals surface area contributed by atoms with Crippen LogP contribution in [-0.4, -0.2) is 44.2 Å². The van der Waals surface area contributed by atoms with E-state index in [2.05, 4.69) is 5.32 Å². The Morgan fingerprint density at radius 3 is 2.36 bits per heavy atom. The quantitative estimate of drug-likeness (QED) is 0.421. The summed E-state index contributed by atoms with van der Waals surface area (Å²) in [6, 6.07) is 16.2. The van der Waals surface area contributed by atoms with Gasteiger partial charge in [-0.05, 0) is 29.3 Å². The van der Waals surface area contributed by atoms with Crippen LogP contribution in [0.15, 0.2) is 83.7 Å². The van der Waals surface area contributed by atoms with Gasteiger partial charge in [-0.3, -0.25) is 0 Å². The highest BCUT2D eigenvalue weighted by atomic mass is 35.5. The molecule has 1 heterocycles. The molecule has 2 aromatic carbocycles. The Balaban J connectivity index is 1.97. The number of hydrogen-bond acceptors (Lipinski definition) is 6. The fraction of sp³-hybridized carbons (Fsp3) is 0.200. The Bertz CT molecular complexity index is 1070. The summed E-state index contributed by atoms with van der Waals surface area (Å²) in [7, 11) is 2.84. The smallest absolute Gasteiger partial charge is 0.337 e.